The minimum Gasteiger partial charge on any atom is -0.506 e. The van der Waals surface area contributed by atoms with Crippen molar-refractivity contribution in [3.63, 3.8) is 0 Å². The Balaban J connectivity index is 3.12. The van der Waals surface area contributed by atoms with E-state index in [1.54, 1.807) is 12.2 Å². The number of nitrogens with two attached hydrogens (primary N) is 1. The maximum atomic E-state index is 9.47. The van der Waals surface area contributed by atoms with Crippen molar-refractivity contribution >= 4 is 0 Å². The fourth-order valence-electron chi connectivity index (χ4n) is 1.25. The molecule has 0 saturated carbocycles. The van der Waals surface area contributed by atoms with E-state index in [2.05, 4.69) is 27.7 Å². The molecule has 0 aliphatic heterocycles. The van der Waals surface area contributed by atoms with Crippen LogP contribution < -0.4 is 5.73 Å². The van der Waals surface area contributed by atoms with Crippen molar-refractivity contribution in [1.29, 1.82) is 0 Å². The monoisotopic (exact) mass is 193 g/mol. The first-order chi connectivity index (χ1) is 6.26. The highest BCUT2D eigenvalue weighted by atomic mass is 16.3. The molecule has 1 atom stereocenters. The van der Waals surface area contributed by atoms with Gasteiger partial charge in [0.2, 0.25) is 0 Å². The maximum Gasteiger partial charge on any atom is 0.138 e. The fraction of sp³-hybridized carbons (Fsp3) is 0.500. The zero-order valence-corrected chi connectivity index (χ0v) is 9.33. The second kappa shape index (κ2) is 3.19. The molecule has 1 aliphatic carbocycles. The molecule has 0 bridgehead atoms. The van der Waals surface area contributed by atoms with Crippen LogP contribution in [0, 0.1) is 10.8 Å². The van der Waals surface area contributed by atoms with E-state index in [0.717, 1.165) is 0 Å². The summed E-state index contributed by atoms with van der Waals surface area (Å²) < 4.78 is 0. The summed E-state index contributed by atoms with van der Waals surface area (Å²) >= 11 is 0. The zero-order chi connectivity index (χ0) is 11.0. The summed E-state index contributed by atoms with van der Waals surface area (Å²) in [5, 5.41) is 9.47. The average molecular weight is 193 g/mol. The van der Waals surface area contributed by atoms with Crippen LogP contribution in [0.3, 0.4) is 0 Å². The van der Waals surface area contributed by atoms with Gasteiger partial charge in [0.15, 0.2) is 0 Å². The van der Waals surface area contributed by atoms with E-state index in [-0.39, 0.29) is 16.6 Å². The Kier molecular flexibility index (Phi) is 2.49. The van der Waals surface area contributed by atoms with Gasteiger partial charge in [-0.05, 0) is 17.6 Å². The molecule has 78 valence electrons. The lowest BCUT2D eigenvalue weighted by atomic mass is 9.68. The van der Waals surface area contributed by atoms with Crippen molar-refractivity contribution in [1.82, 2.24) is 0 Å². The summed E-state index contributed by atoms with van der Waals surface area (Å²) in [6, 6.07) is 0. The third kappa shape index (κ3) is 1.84. The standard InChI is InChI=1S/C12H19NO/c1-11(2,3)12(4)7-5-9(13)10(14)6-8-12/h5-8,14H,13H2,1-4H3. The Morgan fingerprint density at radius 2 is 1.71 bits per heavy atom. The molecule has 0 spiro atoms. The number of hydrogen-bond acceptors (Lipinski definition) is 2. The summed E-state index contributed by atoms with van der Waals surface area (Å²) in [5.74, 6) is 0.147. The maximum absolute atomic E-state index is 9.47. The molecule has 0 amide bonds. The second-order valence-corrected chi connectivity index (χ2v) is 5.04. The van der Waals surface area contributed by atoms with Gasteiger partial charge in [0, 0.05) is 5.41 Å². The molecule has 0 aromatic rings. The lowest BCUT2D eigenvalue weighted by molar-refractivity contribution is 0.228. The first-order valence-electron chi connectivity index (χ1n) is 4.83. The summed E-state index contributed by atoms with van der Waals surface area (Å²) in [6.45, 7) is 8.63. The van der Waals surface area contributed by atoms with Gasteiger partial charge in [-0.25, -0.2) is 0 Å². The number of hydrogen-bond donors (Lipinski definition) is 2. The Labute approximate surface area is 85.8 Å². The first-order valence-corrected chi connectivity index (χ1v) is 4.83. The van der Waals surface area contributed by atoms with Gasteiger partial charge in [0.1, 0.15) is 5.76 Å². The smallest absolute Gasteiger partial charge is 0.138 e. The Hall–Kier alpha value is -1.18. The van der Waals surface area contributed by atoms with Crippen LogP contribution >= 0.6 is 0 Å². The summed E-state index contributed by atoms with van der Waals surface area (Å²) in [6.07, 6.45) is 7.50. The highest BCUT2D eigenvalue weighted by molar-refractivity contribution is 5.34. The Bertz CT molecular complexity index is 294. The van der Waals surface area contributed by atoms with Gasteiger partial charge in [-0.15, -0.1) is 0 Å². The predicted molar refractivity (Wildman–Crippen MR) is 59.7 cm³/mol. The third-order valence-corrected chi connectivity index (χ3v) is 3.11. The molecule has 1 unspecified atom stereocenters. The summed E-state index contributed by atoms with van der Waals surface area (Å²) in [4.78, 5) is 0. The zero-order valence-electron chi connectivity index (χ0n) is 9.33. The van der Waals surface area contributed by atoms with E-state index in [9.17, 15) is 5.11 Å². The highest BCUT2D eigenvalue weighted by Gasteiger charge is 2.33. The van der Waals surface area contributed by atoms with Gasteiger partial charge < -0.3 is 10.8 Å². The SMILES string of the molecule is CC(C)(C)C1(C)C=CC(N)=C(O)C=C1. The van der Waals surface area contributed by atoms with Crippen molar-refractivity contribution in [2.45, 2.75) is 27.7 Å². The van der Waals surface area contributed by atoms with Gasteiger partial charge in [0.05, 0.1) is 5.70 Å². The van der Waals surface area contributed by atoms with Crippen LogP contribution in [0.5, 0.6) is 0 Å². The van der Waals surface area contributed by atoms with Gasteiger partial charge in [-0.2, -0.15) is 0 Å². The molecule has 0 fully saturated rings. The highest BCUT2D eigenvalue weighted by Crippen LogP contribution is 2.42. The van der Waals surface area contributed by atoms with E-state index < -0.39 is 0 Å². The molecule has 0 radical (unpaired) electrons. The molecular formula is C12H19NO. The van der Waals surface area contributed by atoms with Crippen molar-refractivity contribution in [3.05, 3.63) is 35.8 Å². The largest absolute Gasteiger partial charge is 0.506 e. The normalized spacial score (nSPS) is 28.0. The van der Waals surface area contributed by atoms with Crippen molar-refractivity contribution < 1.29 is 5.11 Å². The molecular weight excluding hydrogens is 174 g/mol. The molecule has 0 aromatic heterocycles. The molecule has 14 heavy (non-hydrogen) atoms. The molecule has 0 saturated heterocycles. The number of allylic oxidation sites excluding steroid dienone is 4. The van der Waals surface area contributed by atoms with Crippen LogP contribution in [0.25, 0.3) is 0 Å². The topological polar surface area (TPSA) is 46.2 Å². The predicted octanol–water partition coefficient (Wildman–Crippen LogP) is 2.89. The van der Waals surface area contributed by atoms with Crippen LogP contribution in [0.1, 0.15) is 27.7 Å². The first kappa shape index (κ1) is 10.9. The minimum absolute atomic E-state index is 0.0812. The molecule has 3 N–H and O–H groups in total. The van der Waals surface area contributed by atoms with Crippen LogP contribution in [-0.2, 0) is 0 Å². The fourth-order valence-corrected chi connectivity index (χ4v) is 1.25. The van der Waals surface area contributed by atoms with E-state index in [4.69, 9.17) is 5.73 Å². The minimum atomic E-state index is -0.0812. The van der Waals surface area contributed by atoms with Crippen molar-refractivity contribution in [2.75, 3.05) is 0 Å². The van der Waals surface area contributed by atoms with E-state index in [0.29, 0.717) is 5.70 Å². The van der Waals surface area contributed by atoms with E-state index in [1.807, 2.05) is 12.2 Å². The second-order valence-electron chi connectivity index (χ2n) is 5.04. The van der Waals surface area contributed by atoms with E-state index >= 15 is 0 Å². The molecule has 0 heterocycles. The van der Waals surface area contributed by atoms with Crippen LogP contribution in [0.4, 0.5) is 0 Å². The van der Waals surface area contributed by atoms with Crippen molar-refractivity contribution in [3.8, 4) is 0 Å². The number of aliphatic hydroxyl groups excluding tert-OH is 1. The quantitative estimate of drug-likeness (QED) is 0.621. The van der Waals surface area contributed by atoms with Gasteiger partial charge in [0.25, 0.3) is 0 Å². The molecule has 1 aliphatic rings. The van der Waals surface area contributed by atoms with Gasteiger partial charge >= 0.3 is 0 Å². The molecule has 2 heteroatoms. The third-order valence-electron chi connectivity index (χ3n) is 3.11. The Morgan fingerprint density at radius 1 is 1.21 bits per heavy atom. The van der Waals surface area contributed by atoms with E-state index in [1.165, 1.54) is 0 Å². The molecule has 1 rings (SSSR count). The Morgan fingerprint density at radius 3 is 2.21 bits per heavy atom. The summed E-state index contributed by atoms with van der Waals surface area (Å²) in [7, 11) is 0. The van der Waals surface area contributed by atoms with Crippen LogP contribution in [-0.4, -0.2) is 5.11 Å². The van der Waals surface area contributed by atoms with Gasteiger partial charge in [-0.3, -0.25) is 0 Å². The average Bonchev–Trinajstić information content (AvgIpc) is 2.18. The molecule has 0 aromatic carbocycles. The van der Waals surface area contributed by atoms with Crippen molar-refractivity contribution in [2.24, 2.45) is 16.6 Å². The lowest BCUT2D eigenvalue weighted by Gasteiger charge is -2.36. The van der Waals surface area contributed by atoms with Crippen LogP contribution in [0.2, 0.25) is 0 Å². The summed E-state index contributed by atoms with van der Waals surface area (Å²) in [5.41, 5.74) is 6.08. The lowest BCUT2D eigenvalue weighted by Crippen LogP contribution is -2.28. The van der Waals surface area contributed by atoms with Gasteiger partial charge in [-0.1, -0.05) is 39.8 Å². The van der Waals surface area contributed by atoms with Crippen LogP contribution in [0.15, 0.2) is 35.8 Å². The molecule has 2 nitrogen and oxygen atoms in total. The number of aliphatic hydroxyl groups is 1. The number of rotatable bonds is 0.